The van der Waals surface area contributed by atoms with Gasteiger partial charge >= 0.3 is 0 Å². The maximum absolute atomic E-state index is 5.33. The highest BCUT2D eigenvalue weighted by molar-refractivity contribution is 14.1. The van der Waals surface area contributed by atoms with Crippen molar-refractivity contribution in [1.82, 2.24) is 0 Å². The summed E-state index contributed by atoms with van der Waals surface area (Å²) in [6, 6.07) is 5.89. The summed E-state index contributed by atoms with van der Waals surface area (Å²) in [6.45, 7) is 0. The SMILES string of the molecule is NC(=S)Nc1cc(Br)cc(I)c1. The van der Waals surface area contributed by atoms with Crippen molar-refractivity contribution in [3.8, 4) is 0 Å². The standard InChI is InChI=1S/C7H6BrIN2S/c8-4-1-5(9)3-6(2-4)11-7(10)12/h1-3H,(H3,10,11,12). The Bertz CT molecular complexity index is 296. The summed E-state index contributed by atoms with van der Waals surface area (Å²) in [6.07, 6.45) is 0. The number of anilines is 1. The van der Waals surface area contributed by atoms with Crippen LogP contribution >= 0.6 is 50.7 Å². The Morgan fingerprint density at radius 1 is 1.50 bits per heavy atom. The molecule has 0 bridgehead atoms. The molecule has 1 rings (SSSR count). The average Bonchev–Trinajstić information content (AvgIpc) is 1.81. The fourth-order valence-electron chi connectivity index (χ4n) is 0.768. The third kappa shape index (κ3) is 3.24. The van der Waals surface area contributed by atoms with E-state index in [0.717, 1.165) is 13.7 Å². The first-order valence-electron chi connectivity index (χ1n) is 3.10. The van der Waals surface area contributed by atoms with Gasteiger partial charge in [-0.3, -0.25) is 0 Å². The van der Waals surface area contributed by atoms with Gasteiger partial charge in [-0.2, -0.15) is 0 Å². The van der Waals surface area contributed by atoms with E-state index in [-0.39, 0.29) is 5.11 Å². The molecule has 5 heteroatoms. The quantitative estimate of drug-likeness (QED) is 0.600. The highest BCUT2D eigenvalue weighted by Gasteiger charge is 1.96. The van der Waals surface area contributed by atoms with Crippen molar-refractivity contribution in [2.75, 3.05) is 5.32 Å². The molecule has 0 aromatic heterocycles. The van der Waals surface area contributed by atoms with E-state index in [0.29, 0.717) is 0 Å². The smallest absolute Gasteiger partial charge is 0.168 e. The van der Waals surface area contributed by atoms with Crippen LogP contribution < -0.4 is 11.1 Å². The molecule has 0 spiro atoms. The predicted molar refractivity (Wildman–Crippen MR) is 67.3 cm³/mol. The zero-order valence-corrected chi connectivity index (χ0v) is 10.5. The molecular formula is C7H6BrIN2S. The first-order valence-corrected chi connectivity index (χ1v) is 5.38. The van der Waals surface area contributed by atoms with Crippen LogP contribution in [0.3, 0.4) is 0 Å². The molecule has 1 aromatic rings. The van der Waals surface area contributed by atoms with Crippen LogP contribution in [0.4, 0.5) is 5.69 Å². The second kappa shape index (κ2) is 4.38. The lowest BCUT2D eigenvalue weighted by Gasteiger charge is -2.04. The van der Waals surface area contributed by atoms with Crippen molar-refractivity contribution >= 4 is 61.5 Å². The van der Waals surface area contributed by atoms with Crippen LogP contribution in [0, 0.1) is 3.57 Å². The number of benzene rings is 1. The first-order chi connectivity index (χ1) is 5.58. The summed E-state index contributed by atoms with van der Waals surface area (Å²) >= 11 is 10.3. The zero-order chi connectivity index (χ0) is 9.14. The van der Waals surface area contributed by atoms with Crippen molar-refractivity contribution in [2.45, 2.75) is 0 Å². The van der Waals surface area contributed by atoms with E-state index in [2.05, 4.69) is 43.8 Å². The minimum absolute atomic E-state index is 0.281. The molecular weight excluding hydrogens is 351 g/mol. The molecule has 0 aliphatic heterocycles. The van der Waals surface area contributed by atoms with E-state index in [1.165, 1.54) is 0 Å². The Morgan fingerprint density at radius 2 is 2.17 bits per heavy atom. The first kappa shape index (κ1) is 10.2. The normalized spacial score (nSPS) is 9.50. The second-order valence-electron chi connectivity index (χ2n) is 2.15. The van der Waals surface area contributed by atoms with Gasteiger partial charge in [-0.05, 0) is 53.0 Å². The molecule has 1 aromatic carbocycles. The molecule has 0 aliphatic carbocycles. The van der Waals surface area contributed by atoms with Crippen molar-refractivity contribution in [3.63, 3.8) is 0 Å². The van der Waals surface area contributed by atoms with Gasteiger partial charge in [-0.25, -0.2) is 0 Å². The van der Waals surface area contributed by atoms with Gasteiger partial charge in [-0.15, -0.1) is 0 Å². The van der Waals surface area contributed by atoms with Crippen LogP contribution in [0.5, 0.6) is 0 Å². The number of nitrogens with two attached hydrogens (primary N) is 1. The van der Waals surface area contributed by atoms with Gasteiger partial charge in [0, 0.05) is 13.7 Å². The summed E-state index contributed by atoms with van der Waals surface area (Å²) in [5.74, 6) is 0. The van der Waals surface area contributed by atoms with Crippen molar-refractivity contribution < 1.29 is 0 Å². The Labute approximate surface area is 98.2 Å². The molecule has 0 saturated carbocycles. The molecule has 12 heavy (non-hydrogen) atoms. The van der Waals surface area contributed by atoms with Gasteiger partial charge in [-0.1, -0.05) is 15.9 Å². The van der Waals surface area contributed by atoms with Crippen LogP contribution in [0.2, 0.25) is 0 Å². The molecule has 0 radical (unpaired) electrons. The average molecular weight is 357 g/mol. The van der Waals surface area contributed by atoms with E-state index >= 15 is 0 Å². The van der Waals surface area contributed by atoms with Gasteiger partial charge in [0.15, 0.2) is 5.11 Å². The lowest BCUT2D eigenvalue weighted by molar-refractivity contribution is 1.55. The minimum atomic E-state index is 0.281. The fraction of sp³-hybridized carbons (Fsp3) is 0. The van der Waals surface area contributed by atoms with E-state index in [9.17, 15) is 0 Å². The van der Waals surface area contributed by atoms with E-state index in [1.807, 2.05) is 18.2 Å². The maximum atomic E-state index is 5.33. The van der Waals surface area contributed by atoms with Crippen LogP contribution in [-0.4, -0.2) is 5.11 Å². The summed E-state index contributed by atoms with van der Waals surface area (Å²) in [5.41, 5.74) is 6.23. The molecule has 0 saturated heterocycles. The lowest BCUT2D eigenvalue weighted by atomic mass is 10.3. The number of thiocarbonyl (C=S) groups is 1. The monoisotopic (exact) mass is 356 g/mol. The number of hydrogen-bond donors (Lipinski definition) is 2. The lowest BCUT2D eigenvalue weighted by Crippen LogP contribution is -2.18. The third-order valence-electron chi connectivity index (χ3n) is 1.13. The van der Waals surface area contributed by atoms with Crippen LogP contribution in [-0.2, 0) is 0 Å². The zero-order valence-electron chi connectivity index (χ0n) is 5.97. The van der Waals surface area contributed by atoms with Gasteiger partial charge in [0.2, 0.25) is 0 Å². The van der Waals surface area contributed by atoms with E-state index < -0.39 is 0 Å². The molecule has 3 N–H and O–H groups in total. The summed E-state index contributed by atoms with van der Waals surface area (Å²) in [5, 5.41) is 3.14. The fourth-order valence-corrected chi connectivity index (χ4v) is 2.48. The molecule has 0 aliphatic rings. The van der Waals surface area contributed by atoms with Gasteiger partial charge in [0.1, 0.15) is 0 Å². The Hall–Kier alpha value is 0.120. The summed E-state index contributed by atoms with van der Waals surface area (Å²) in [4.78, 5) is 0. The largest absolute Gasteiger partial charge is 0.376 e. The Balaban J connectivity index is 2.93. The van der Waals surface area contributed by atoms with Gasteiger partial charge in [0.25, 0.3) is 0 Å². The van der Waals surface area contributed by atoms with Gasteiger partial charge in [0.05, 0.1) is 0 Å². The summed E-state index contributed by atoms with van der Waals surface area (Å²) in [7, 11) is 0. The Kier molecular flexibility index (Phi) is 3.73. The van der Waals surface area contributed by atoms with Crippen LogP contribution in [0.15, 0.2) is 22.7 Å². The van der Waals surface area contributed by atoms with E-state index in [4.69, 9.17) is 18.0 Å². The molecule has 0 heterocycles. The van der Waals surface area contributed by atoms with E-state index in [1.54, 1.807) is 0 Å². The number of hydrogen-bond acceptors (Lipinski definition) is 1. The topological polar surface area (TPSA) is 38.0 Å². The minimum Gasteiger partial charge on any atom is -0.376 e. The molecule has 2 nitrogen and oxygen atoms in total. The van der Waals surface area contributed by atoms with Crippen molar-refractivity contribution in [2.24, 2.45) is 5.73 Å². The molecule has 0 fully saturated rings. The second-order valence-corrected chi connectivity index (χ2v) is 4.75. The molecule has 0 amide bonds. The van der Waals surface area contributed by atoms with Crippen molar-refractivity contribution in [3.05, 3.63) is 26.2 Å². The number of rotatable bonds is 1. The number of nitrogens with one attached hydrogen (secondary N) is 1. The molecule has 0 unspecified atom stereocenters. The number of halogens is 2. The highest BCUT2D eigenvalue weighted by atomic mass is 127. The van der Waals surface area contributed by atoms with Crippen molar-refractivity contribution in [1.29, 1.82) is 0 Å². The highest BCUT2D eigenvalue weighted by Crippen LogP contribution is 2.20. The third-order valence-corrected chi connectivity index (χ3v) is 2.31. The van der Waals surface area contributed by atoms with Gasteiger partial charge < -0.3 is 11.1 Å². The summed E-state index contributed by atoms with van der Waals surface area (Å²) < 4.78 is 2.13. The predicted octanol–water partition coefficient (Wildman–Crippen LogP) is 2.71. The maximum Gasteiger partial charge on any atom is 0.168 e. The molecule has 0 atom stereocenters. The van der Waals surface area contributed by atoms with Crippen LogP contribution in [0.25, 0.3) is 0 Å². The van der Waals surface area contributed by atoms with Crippen LogP contribution in [0.1, 0.15) is 0 Å². The Morgan fingerprint density at radius 3 is 2.67 bits per heavy atom. The molecule has 64 valence electrons.